The predicted octanol–water partition coefficient (Wildman–Crippen LogP) is -2.79. The highest BCUT2D eigenvalue weighted by molar-refractivity contribution is 6.68. The van der Waals surface area contributed by atoms with Crippen molar-refractivity contribution in [3.8, 4) is 0 Å². The van der Waals surface area contributed by atoms with Gasteiger partial charge in [-0.25, -0.2) is 0 Å². The van der Waals surface area contributed by atoms with Crippen LogP contribution in [0.3, 0.4) is 0 Å². The molecule has 1 radical (unpaired) electrons. The van der Waals surface area contributed by atoms with E-state index in [1.165, 1.54) is 0 Å². The van der Waals surface area contributed by atoms with Crippen molar-refractivity contribution in [1.29, 1.82) is 0 Å². The molecule has 39 valence electrons. The molecular weight excluding hydrogens is 97.6 g/mol. The van der Waals surface area contributed by atoms with Crippen LogP contribution in [0.1, 0.15) is 0 Å². The van der Waals surface area contributed by atoms with Gasteiger partial charge in [-0.15, -0.1) is 0 Å². The molecule has 0 amide bonds. The minimum atomic E-state index is -1.75. The molecule has 0 atom stereocenters. The van der Waals surface area contributed by atoms with E-state index in [1.54, 1.807) is 0 Å². The largest absolute Gasteiger partial charge is 0.451 e. The first-order chi connectivity index (χ1) is 3.13. The molecule has 7 heavy (non-hydrogen) atoms. The predicted molar refractivity (Wildman–Crippen MR) is 24.7 cm³/mol. The second-order valence-electron chi connectivity index (χ2n) is 1.02. The van der Waals surface area contributed by atoms with Crippen LogP contribution in [-0.2, 0) is 0 Å². The molecule has 0 fully saturated rings. The second-order valence-corrected chi connectivity index (χ2v) is 1.02. The van der Waals surface area contributed by atoms with Gasteiger partial charge in [0.15, 0.2) is 0 Å². The Bertz CT molecular complexity index is 39.0. The summed E-state index contributed by atoms with van der Waals surface area (Å²) in [4.78, 5) is 0. The van der Waals surface area contributed by atoms with Crippen molar-refractivity contribution in [3.05, 3.63) is 6.22 Å². The average Bonchev–Trinajstić information content (AvgIpc) is 1.27. The Morgan fingerprint density at radius 2 is 1.14 bits per heavy atom. The lowest BCUT2D eigenvalue weighted by atomic mass is 9.65. The Labute approximate surface area is 41.7 Å². The number of rotatable bonds is 2. The molecule has 0 aliphatic rings. The van der Waals surface area contributed by atoms with E-state index < -0.39 is 14.2 Å². The molecular formula is CH5B2O4. The minimum Gasteiger partial charge on any atom is -0.427 e. The molecule has 0 aliphatic heterocycles. The maximum Gasteiger partial charge on any atom is 0.451 e. The molecule has 0 spiro atoms. The summed E-state index contributed by atoms with van der Waals surface area (Å²) in [5.74, 6) is 0. The molecule has 4 N–H and O–H groups in total. The lowest BCUT2D eigenvalue weighted by Crippen LogP contribution is -2.25. The quantitative estimate of drug-likeness (QED) is 0.285. The zero-order chi connectivity index (χ0) is 5.86. The Kier molecular flexibility index (Phi) is 3.02. The number of hydrogen-bond acceptors (Lipinski definition) is 4. The van der Waals surface area contributed by atoms with E-state index in [9.17, 15) is 0 Å². The molecule has 0 heterocycles. The first-order valence-corrected chi connectivity index (χ1v) is 1.70. The van der Waals surface area contributed by atoms with Gasteiger partial charge >= 0.3 is 14.2 Å². The second kappa shape index (κ2) is 3.04. The van der Waals surface area contributed by atoms with Gasteiger partial charge < -0.3 is 20.1 Å². The van der Waals surface area contributed by atoms with Gasteiger partial charge in [0.25, 0.3) is 0 Å². The fourth-order valence-electron chi connectivity index (χ4n) is 0.154. The Morgan fingerprint density at radius 1 is 0.857 bits per heavy atom. The van der Waals surface area contributed by atoms with Crippen molar-refractivity contribution in [2.24, 2.45) is 0 Å². The average molecular weight is 103 g/mol. The molecule has 0 aromatic heterocycles. The van der Waals surface area contributed by atoms with Crippen LogP contribution in [-0.4, -0.2) is 34.3 Å². The third-order valence-electron chi connectivity index (χ3n) is 0.344. The van der Waals surface area contributed by atoms with Crippen molar-refractivity contribution in [1.82, 2.24) is 0 Å². The molecule has 0 aromatic rings. The first kappa shape index (κ1) is 6.97. The zero-order valence-electron chi connectivity index (χ0n) is 3.52. The lowest BCUT2D eigenvalue weighted by Gasteiger charge is -1.92. The highest BCUT2D eigenvalue weighted by Gasteiger charge is 2.16. The van der Waals surface area contributed by atoms with E-state index >= 15 is 0 Å². The van der Waals surface area contributed by atoms with E-state index in [4.69, 9.17) is 20.1 Å². The molecule has 0 saturated heterocycles. The fraction of sp³-hybridized carbons (Fsp3) is 0. The van der Waals surface area contributed by atoms with E-state index in [2.05, 4.69) is 0 Å². The highest BCUT2D eigenvalue weighted by atomic mass is 16.4. The summed E-state index contributed by atoms with van der Waals surface area (Å²) >= 11 is 0. The molecule has 0 aromatic carbocycles. The normalized spacial score (nSPS) is 8.57. The maximum atomic E-state index is 7.90. The fourth-order valence-corrected chi connectivity index (χ4v) is 0.154. The summed E-state index contributed by atoms with van der Waals surface area (Å²) in [5.41, 5.74) is 0. The maximum absolute atomic E-state index is 7.90. The molecule has 4 nitrogen and oxygen atoms in total. The summed E-state index contributed by atoms with van der Waals surface area (Å²) in [7, 11) is -3.50. The van der Waals surface area contributed by atoms with E-state index in [0.717, 1.165) is 0 Å². The topological polar surface area (TPSA) is 80.9 Å². The van der Waals surface area contributed by atoms with Crippen molar-refractivity contribution >= 4 is 14.2 Å². The van der Waals surface area contributed by atoms with Gasteiger partial charge in [-0.3, -0.25) is 0 Å². The van der Waals surface area contributed by atoms with E-state index in [-0.39, 0.29) is 0 Å². The van der Waals surface area contributed by atoms with Crippen molar-refractivity contribution < 1.29 is 20.1 Å². The molecule has 0 bridgehead atoms. The van der Waals surface area contributed by atoms with Crippen LogP contribution in [0.2, 0.25) is 0 Å². The minimum absolute atomic E-state index is 0.556. The van der Waals surface area contributed by atoms with Crippen LogP contribution in [0.5, 0.6) is 0 Å². The van der Waals surface area contributed by atoms with Crippen molar-refractivity contribution in [2.45, 2.75) is 0 Å². The standard InChI is InChI=1S/CH5B2O4/c4-2(5)1-3(6)7/h1,4-7H. The third kappa shape index (κ3) is 5.97. The SMILES string of the molecule is OB(O)[CH]B(O)O. The van der Waals surface area contributed by atoms with Crippen LogP contribution in [0.4, 0.5) is 0 Å². The summed E-state index contributed by atoms with van der Waals surface area (Å²) in [5, 5.41) is 31.6. The van der Waals surface area contributed by atoms with Gasteiger partial charge in [0.2, 0.25) is 0 Å². The summed E-state index contributed by atoms with van der Waals surface area (Å²) in [6.07, 6.45) is 0.556. The molecule has 6 heteroatoms. The van der Waals surface area contributed by atoms with Crippen LogP contribution in [0.25, 0.3) is 0 Å². The molecule has 0 unspecified atom stereocenters. The Morgan fingerprint density at radius 3 is 1.14 bits per heavy atom. The Balaban J connectivity index is 2.95. The van der Waals surface area contributed by atoms with Gasteiger partial charge in [0.1, 0.15) is 0 Å². The van der Waals surface area contributed by atoms with Gasteiger partial charge in [0.05, 0.1) is 0 Å². The summed E-state index contributed by atoms with van der Waals surface area (Å²) in [6.45, 7) is 0. The monoisotopic (exact) mass is 103 g/mol. The highest BCUT2D eigenvalue weighted by Crippen LogP contribution is 1.78. The lowest BCUT2D eigenvalue weighted by molar-refractivity contribution is 0.397. The van der Waals surface area contributed by atoms with Gasteiger partial charge in [-0.05, 0) is 0 Å². The van der Waals surface area contributed by atoms with Crippen LogP contribution >= 0.6 is 0 Å². The zero-order valence-corrected chi connectivity index (χ0v) is 3.52. The van der Waals surface area contributed by atoms with Crippen LogP contribution in [0, 0.1) is 6.22 Å². The molecule has 0 aliphatic carbocycles. The van der Waals surface area contributed by atoms with Crippen molar-refractivity contribution in [2.75, 3.05) is 0 Å². The molecule has 0 rings (SSSR count). The van der Waals surface area contributed by atoms with E-state index in [1.807, 2.05) is 0 Å². The number of hydrogen-bond donors (Lipinski definition) is 4. The Hall–Kier alpha value is -0.0301. The smallest absolute Gasteiger partial charge is 0.427 e. The van der Waals surface area contributed by atoms with E-state index in [0.29, 0.717) is 6.22 Å². The molecule has 0 saturated carbocycles. The summed E-state index contributed by atoms with van der Waals surface area (Å²) in [6, 6.07) is 0. The van der Waals surface area contributed by atoms with Gasteiger partial charge in [-0.1, -0.05) is 0 Å². The van der Waals surface area contributed by atoms with Crippen LogP contribution in [0.15, 0.2) is 0 Å². The van der Waals surface area contributed by atoms with Crippen molar-refractivity contribution in [3.63, 3.8) is 0 Å². The summed E-state index contributed by atoms with van der Waals surface area (Å²) < 4.78 is 0. The van der Waals surface area contributed by atoms with Gasteiger partial charge in [0, 0.05) is 6.22 Å². The first-order valence-electron chi connectivity index (χ1n) is 1.70. The van der Waals surface area contributed by atoms with Crippen LogP contribution < -0.4 is 0 Å². The third-order valence-corrected chi connectivity index (χ3v) is 0.344. The van der Waals surface area contributed by atoms with Gasteiger partial charge in [-0.2, -0.15) is 0 Å².